The van der Waals surface area contributed by atoms with Gasteiger partial charge >= 0.3 is 0 Å². The van der Waals surface area contributed by atoms with Crippen molar-refractivity contribution in [1.29, 1.82) is 0 Å². The summed E-state index contributed by atoms with van der Waals surface area (Å²) < 4.78 is 5.04. The van der Waals surface area contributed by atoms with Crippen LogP contribution in [-0.4, -0.2) is 26.0 Å². The number of ether oxygens (including phenoxy) is 1. The van der Waals surface area contributed by atoms with Crippen LogP contribution in [0.4, 0.5) is 0 Å². The van der Waals surface area contributed by atoms with Gasteiger partial charge in [0.25, 0.3) is 0 Å². The first-order chi connectivity index (χ1) is 7.92. The van der Waals surface area contributed by atoms with Crippen molar-refractivity contribution in [1.82, 2.24) is 5.32 Å². The first kappa shape index (κ1) is 12.0. The van der Waals surface area contributed by atoms with Gasteiger partial charge in [0.15, 0.2) is 0 Å². The van der Waals surface area contributed by atoms with E-state index in [0.717, 1.165) is 19.6 Å². The molecule has 2 rings (SSSR count). The first-order valence-electron chi connectivity index (χ1n) is 5.86. The normalized spacial score (nSPS) is 18.7. The topological polar surface area (TPSA) is 21.3 Å². The average molecular weight is 237 g/mol. The highest BCUT2D eigenvalue weighted by Gasteiger charge is 2.21. The van der Waals surface area contributed by atoms with Crippen LogP contribution >= 0.6 is 11.8 Å². The number of nitrogens with one attached hydrogen (secondary N) is 1. The van der Waals surface area contributed by atoms with E-state index in [0.29, 0.717) is 6.04 Å². The van der Waals surface area contributed by atoms with Gasteiger partial charge in [0.2, 0.25) is 0 Å². The molecule has 0 fully saturated rings. The van der Waals surface area contributed by atoms with Crippen molar-refractivity contribution in [3.8, 4) is 0 Å². The Morgan fingerprint density at radius 2 is 2.25 bits per heavy atom. The van der Waals surface area contributed by atoms with E-state index >= 15 is 0 Å². The number of methoxy groups -OCH3 is 1. The first-order valence-corrected chi connectivity index (χ1v) is 6.84. The summed E-state index contributed by atoms with van der Waals surface area (Å²) in [7, 11) is 1.76. The minimum atomic E-state index is 0.545. The number of hydrogen-bond donors (Lipinski definition) is 1. The zero-order valence-corrected chi connectivity index (χ0v) is 10.6. The van der Waals surface area contributed by atoms with Gasteiger partial charge in [0, 0.05) is 30.4 Å². The van der Waals surface area contributed by atoms with Crippen molar-refractivity contribution < 1.29 is 4.74 Å². The molecule has 0 saturated carbocycles. The third kappa shape index (κ3) is 3.00. The molecule has 88 valence electrons. The Kier molecular flexibility index (Phi) is 4.69. The number of unbranched alkanes of at least 4 members (excludes halogenated alkanes) is 1. The van der Waals surface area contributed by atoms with Crippen LogP contribution in [0.25, 0.3) is 0 Å². The number of benzene rings is 1. The van der Waals surface area contributed by atoms with Crippen LogP contribution in [0.15, 0.2) is 29.2 Å². The van der Waals surface area contributed by atoms with E-state index in [1.165, 1.54) is 22.6 Å². The molecule has 0 aliphatic carbocycles. The summed E-state index contributed by atoms with van der Waals surface area (Å²) in [4.78, 5) is 1.44. The van der Waals surface area contributed by atoms with Gasteiger partial charge in [-0.25, -0.2) is 0 Å². The third-order valence-electron chi connectivity index (χ3n) is 2.87. The van der Waals surface area contributed by atoms with Gasteiger partial charge in [-0.3, -0.25) is 0 Å². The van der Waals surface area contributed by atoms with E-state index in [4.69, 9.17) is 4.74 Å². The van der Waals surface area contributed by atoms with Crippen molar-refractivity contribution in [3.63, 3.8) is 0 Å². The molecule has 1 N–H and O–H groups in total. The molecule has 1 aliphatic heterocycles. The fraction of sp³-hybridized carbons (Fsp3) is 0.538. The highest BCUT2D eigenvalue weighted by atomic mass is 32.2. The predicted molar refractivity (Wildman–Crippen MR) is 69.0 cm³/mol. The molecular weight excluding hydrogens is 218 g/mol. The third-order valence-corrected chi connectivity index (χ3v) is 4.05. The second kappa shape index (κ2) is 6.28. The number of fused-ring (bicyclic) bond motifs is 1. The van der Waals surface area contributed by atoms with Gasteiger partial charge in [-0.15, -0.1) is 11.8 Å². The van der Waals surface area contributed by atoms with Crippen LogP contribution < -0.4 is 5.32 Å². The van der Waals surface area contributed by atoms with Gasteiger partial charge in [-0.2, -0.15) is 0 Å². The van der Waals surface area contributed by atoms with Crippen LogP contribution in [-0.2, 0) is 4.74 Å². The monoisotopic (exact) mass is 237 g/mol. The highest BCUT2D eigenvalue weighted by Crippen LogP contribution is 2.37. The maximum absolute atomic E-state index is 5.04. The van der Waals surface area contributed by atoms with Gasteiger partial charge in [0.1, 0.15) is 0 Å². The summed E-state index contributed by atoms with van der Waals surface area (Å²) in [6.45, 7) is 1.96. The quantitative estimate of drug-likeness (QED) is 0.769. The molecule has 0 bridgehead atoms. The van der Waals surface area contributed by atoms with Gasteiger partial charge in [-0.05, 0) is 31.0 Å². The smallest absolute Gasteiger partial charge is 0.0462 e. The second-order valence-electron chi connectivity index (χ2n) is 4.06. The molecule has 0 amide bonds. The molecular formula is C13H19NOS. The van der Waals surface area contributed by atoms with Crippen molar-refractivity contribution in [3.05, 3.63) is 29.8 Å². The molecule has 2 nitrogen and oxygen atoms in total. The van der Waals surface area contributed by atoms with E-state index < -0.39 is 0 Å². The standard InChI is InChI=1S/C13H19NOS/c1-15-9-5-4-8-14-12-10-16-13-7-3-2-6-11(12)13/h2-3,6-7,12,14H,4-5,8-10H2,1H3. The molecule has 1 aromatic rings. The highest BCUT2D eigenvalue weighted by molar-refractivity contribution is 7.99. The summed E-state index contributed by atoms with van der Waals surface area (Å²) in [6, 6.07) is 9.25. The van der Waals surface area contributed by atoms with Crippen molar-refractivity contribution >= 4 is 11.8 Å². The lowest BCUT2D eigenvalue weighted by atomic mass is 10.1. The van der Waals surface area contributed by atoms with Crippen LogP contribution in [0.3, 0.4) is 0 Å². The van der Waals surface area contributed by atoms with E-state index in [-0.39, 0.29) is 0 Å². The van der Waals surface area contributed by atoms with Crippen LogP contribution in [0, 0.1) is 0 Å². The summed E-state index contributed by atoms with van der Waals surface area (Å²) in [5.41, 5.74) is 1.47. The lowest BCUT2D eigenvalue weighted by Crippen LogP contribution is -2.22. The van der Waals surface area contributed by atoms with E-state index in [1.807, 2.05) is 11.8 Å². The zero-order valence-electron chi connectivity index (χ0n) is 9.74. The number of hydrogen-bond acceptors (Lipinski definition) is 3. The molecule has 1 aromatic carbocycles. The molecule has 0 saturated heterocycles. The van der Waals surface area contributed by atoms with Crippen molar-refractivity contribution in [2.75, 3.05) is 26.0 Å². The van der Waals surface area contributed by atoms with Crippen molar-refractivity contribution in [2.45, 2.75) is 23.8 Å². The minimum absolute atomic E-state index is 0.545. The molecule has 16 heavy (non-hydrogen) atoms. The Balaban J connectivity index is 1.76. The van der Waals surface area contributed by atoms with Gasteiger partial charge < -0.3 is 10.1 Å². The summed E-state index contributed by atoms with van der Waals surface area (Å²) in [6.07, 6.45) is 2.34. The van der Waals surface area contributed by atoms with Gasteiger partial charge in [0.05, 0.1) is 0 Å². The Labute approximate surface area is 102 Å². The van der Waals surface area contributed by atoms with Crippen LogP contribution in [0.2, 0.25) is 0 Å². The lowest BCUT2D eigenvalue weighted by molar-refractivity contribution is 0.192. The minimum Gasteiger partial charge on any atom is -0.385 e. The largest absolute Gasteiger partial charge is 0.385 e. The second-order valence-corrected chi connectivity index (χ2v) is 5.12. The number of thioether (sulfide) groups is 1. The summed E-state index contributed by atoms with van der Waals surface area (Å²) in [5, 5.41) is 3.62. The predicted octanol–water partition coefficient (Wildman–Crippen LogP) is 2.85. The molecule has 0 aromatic heterocycles. The molecule has 1 unspecified atom stereocenters. The maximum Gasteiger partial charge on any atom is 0.0462 e. The van der Waals surface area contributed by atoms with E-state index in [1.54, 1.807) is 7.11 Å². The lowest BCUT2D eigenvalue weighted by Gasteiger charge is -2.12. The van der Waals surface area contributed by atoms with E-state index in [2.05, 4.69) is 29.6 Å². The van der Waals surface area contributed by atoms with Crippen LogP contribution in [0.5, 0.6) is 0 Å². The molecule has 1 atom stereocenters. The molecule has 0 spiro atoms. The Hall–Kier alpha value is -0.510. The number of rotatable bonds is 6. The molecule has 3 heteroatoms. The summed E-state index contributed by atoms with van der Waals surface area (Å²) >= 11 is 1.96. The summed E-state index contributed by atoms with van der Waals surface area (Å²) in [5.74, 6) is 1.17. The Morgan fingerprint density at radius 1 is 1.38 bits per heavy atom. The zero-order chi connectivity index (χ0) is 11.2. The Bertz CT molecular complexity index is 329. The molecule has 0 radical (unpaired) electrons. The van der Waals surface area contributed by atoms with E-state index in [9.17, 15) is 0 Å². The fourth-order valence-corrected chi connectivity index (χ4v) is 3.17. The molecule has 1 aliphatic rings. The fourth-order valence-electron chi connectivity index (χ4n) is 1.98. The van der Waals surface area contributed by atoms with Crippen LogP contribution in [0.1, 0.15) is 24.4 Å². The molecule has 1 heterocycles. The Morgan fingerprint density at radius 3 is 3.12 bits per heavy atom. The maximum atomic E-state index is 5.04. The van der Waals surface area contributed by atoms with Crippen molar-refractivity contribution in [2.24, 2.45) is 0 Å². The SMILES string of the molecule is COCCCCNC1CSc2ccccc21. The average Bonchev–Trinajstić information content (AvgIpc) is 2.73. The van der Waals surface area contributed by atoms with Gasteiger partial charge in [-0.1, -0.05) is 18.2 Å².